The molecule has 1 saturated heterocycles. The van der Waals surface area contributed by atoms with E-state index in [1.807, 2.05) is 36.4 Å². The van der Waals surface area contributed by atoms with Crippen molar-refractivity contribution in [2.24, 2.45) is 0 Å². The molecule has 1 fully saturated rings. The molecule has 0 bridgehead atoms. The van der Waals surface area contributed by atoms with Gasteiger partial charge in [-0.3, -0.25) is 4.68 Å². The quantitative estimate of drug-likeness (QED) is 0.338. The van der Waals surface area contributed by atoms with Crippen LogP contribution in [0.3, 0.4) is 0 Å². The van der Waals surface area contributed by atoms with Crippen molar-refractivity contribution >= 4 is 11.1 Å². The molecule has 1 aliphatic rings. The molecule has 0 radical (unpaired) electrons. The molecule has 0 aliphatic carbocycles. The van der Waals surface area contributed by atoms with E-state index < -0.39 is 12.2 Å². The smallest absolute Gasteiger partial charge is 0.230 e. The van der Waals surface area contributed by atoms with Gasteiger partial charge in [0.2, 0.25) is 5.71 Å². The van der Waals surface area contributed by atoms with Crippen molar-refractivity contribution in [2.45, 2.75) is 18.6 Å². The molecule has 170 valence electrons. The van der Waals surface area contributed by atoms with Gasteiger partial charge >= 0.3 is 0 Å². The van der Waals surface area contributed by atoms with Crippen LogP contribution in [-0.2, 0) is 4.74 Å². The molecule has 0 spiro atoms. The van der Waals surface area contributed by atoms with E-state index in [0.29, 0.717) is 52.4 Å². The number of aromatic nitrogens is 4. The number of ether oxygens (including phenoxy) is 1. The standard InChI is InChI=1S/C26H20F2N4O2/c27-18-8-6-17(7-9-18)24-20(13-32(31-24)22-10-11-33-14-21(22)28)25-19-12-23(16-4-2-1-3-5-16)34-26(19)30-15-29-25/h1-9,12-13,15,21-22H,10-11,14H2/t21-,22+/m1/s1. The van der Waals surface area contributed by atoms with Crippen LogP contribution in [0.4, 0.5) is 8.78 Å². The number of halogens is 2. The number of benzene rings is 2. The minimum absolute atomic E-state index is 0.0334. The predicted molar refractivity (Wildman–Crippen MR) is 123 cm³/mol. The third-order valence-corrected chi connectivity index (χ3v) is 6.08. The van der Waals surface area contributed by atoms with Gasteiger partial charge in [0, 0.05) is 29.5 Å². The second-order valence-corrected chi connectivity index (χ2v) is 8.24. The zero-order chi connectivity index (χ0) is 23.1. The van der Waals surface area contributed by atoms with E-state index in [4.69, 9.17) is 14.3 Å². The Morgan fingerprint density at radius 3 is 2.56 bits per heavy atom. The van der Waals surface area contributed by atoms with Crippen LogP contribution in [-0.4, -0.2) is 39.1 Å². The third kappa shape index (κ3) is 3.66. The van der Waals surface area contributed by atoms with Crippen LogP contribution in [0.1, 0.15) is 12.5 Å². The average molecular weight is 458 g/mol. The van der Waals surface area contributed by atoms with Crippen molar-refractivity contribution < 1.29 is 17.9 Å². The van der Waals surface area contributed by atoms with Crippen LogP contribution in [0.15, 0.2) is 77.6 Å². The maximum absolute atomic E-state index is 14.7. The molecule has 0 N–H and O–H groups in total. The van der Waals surface area contributed by atoms with Gasteiger partial charge in [-0.15, -0.1) is 0 Å². The lowest BCUT2D eigenvalue weighted by molar-refractivity contribution is -0.0000570. The zero-order valence-corrected chi connectivity index (χ0v) is 18.1. The van der Waals surface area contributed by atoms with Gasteiger partial charge in [0.05, 0.1) is 23.7 Å². The highest BCUT2D eigenvalue weighted by atomic mass is 19.1. The Morgan fingerprint density at radius 2 is 1.76 bits per heavy atom. The molecular weight excluding hydrogens is 438 g/mol. The Morgan fingerprint density at radius 1 is 0.941 bits per heavy atom. The number of hydrogen-bond donors (Lipinski definition) is 0. The maximum Gasteiger partial charge on any atom is 0.230 e. The van der Waals surface area contributed by atoms with E-state index in [1.165, 1.54) is 18.5 Å². The molecule has 0 unspecified atom stereocenters. The third-order valence-electron chi connectivity index (χ3n) is 6.08. The average Bonchev–Trinajstić information content (AvgIpc) is 3.50. The number of furan rings is 1. The number of nitrogens with zero attached hydrogens (tertiary/aromatic N) is 4. The topological polar surface area (TPSA) is 66.0 Å². The summed E-state index contributed by atoms with van der Waals surface area (Å²) in [5, 5.41) is 5.46. The largest absolute Gasteiger partial charge is 0.438 e. The normalized spacial score (nSPS) is 18.4. The highest BCUT2D eigenvalue weighted by molar-refractivity contribution is 5.95. The number of fused-ring (bicyclic) bond motifs is 1. The van der Waals surface area contributed by atoms with E-state index in [-0.39, 0.29) is 12.4 Å². The SMILES string of the molecule is Fc1ccc(-c2nn([C@H]3CCOC[C@H]3F)cc2-c2ncnc3oc(-c4ccccc4)cc23)cc1. The van der Waals surface area contributed by atoms with Gasteiger partial charge in [0.15, 0.2) is 0 Å². The van der Waals surface area contributed by atoms with E-state index in [9.17, 15) is 8.78 Å². The minimum Gasteiger partial charge on any atom is -0.438 e. The highest BCUT2D eigenvalue weighted by Gasteiger charge is 2.30. The summed E-state index contributed by atoms with van der Waals surface area (Å²) in [6, 6.07) is 17.3. The highest BCUT2D eigenvalue weighted by Crippen LogP contribution is 2.38. The van der Waals surface area contributed by atoms with E-state index in [1.54, 1.807) is 23.0 Å². The molecule has 34 heavy (non-hydrogen) atoms. The maximum atomic E-state index is 14.7. The molecule has 1 aliphatic heterocycles. The Bertz CT molecular complexity index is 1450. The van der Waals surface area contributed by atoms with Crippen LogP contribution >= 0.6 is 0 Å². The molecule has 4 heterocycles. The molecule has 8 heteroatoms. The van der Waals surface area contributed by atoms with Gasteiger partial charge in [-0.25, -0.2) is 18.7 Å². The Hall–Kier alpha value is -3.91. The first kappa shape index (κ1) is 20.7. The van der Waals surface area contributed by atoms with Gasteiger partial charge in [0.1, 0.15) is 29.8 Å². The summed E-state index contributed by atoms with van der Waals surface area (Å²) in [7, 11) is 0. The van der Waals surface area contributed by atoms with E-state index >= 15 is 0 Å². The van der Waals surface area contributed by atoms with Gasteiger partial charge in [-0.1, -0.05) is 30.3 Å². The summed E-state index contributed by atoms with van der Waals surface area (Å²) in [6.45, 7) is 0.498. The monoisotopic (exact) mass is 458 g/mol. The summed E-state index contributed by atoms with van der Waals surface area (Å²) in [5.41, 5.74) is 3.96. The lowest BCUT2D eigenvalue weighted by Gasteiger charge is -2.26. The molecule has 2 atom stereocenters. The van der Waals surface area contributed by atoms with Gasteiger partial charge in [-0.05, 0) is 36.8 Å². The molecular formula is C26H20F2N4O2. The summed E-state index contributed by atoms with van der Waals surface area (Å²) in [6.07, 6.45) is 2.58. The van der Waals surface area contributed by atoms with E-state index in [2.05, 4.69) is 9.97 Å². The second-order valence-electron chi connectivity index (χ2n) is 8.24. The summed E-state index contributed by atoms with van der Waals surface area (Å²) < 4.78 is 41.2. The van der Waals surface area contributed by atoms with Crippen molar-refractivity contribution in [2.75, 3.05) is 13.2 Å². The van der Waals surface area contributed by atoms with Gasteiger partial charge in [-0.2, -0.15) is 5.10 Å². The van der Waals surface area contributed by atoms with Crippen molar-refractivity contribution in [3.05, 3.63) is 79.0 Å². The van der Waals surface area contributed by atoms with Crippen LogP contribution in [0, 0.1) is 5.82 Å². The van der Waals surface area contributed by atoms with E-state index in [0.717, 1.165) is 5.56 Å². The van der Waals surface area contributed by atoms with Crippen molar-refractivity contribution in [1.29, 1.82) is 0 Å². The van der Waals surface area contributed by atoms with Crippen molar-refractivity contribution in [3.8, 4) is 33.8 Å². The van der Waals surface area contributed by atoms with Crippen molar-refractivity contribution in [3.63, 3.8) is 0 Å². The molecule has 0 amide bonds. The van der Waals surface area contributed by atoms with Crippen molar-refractivity contribution in [1.82, 2.24) is 19.7 Å². The Balaban J connectivity index is 1.53. The molecule has 6 rings (SSSR count). The summed E-state index contributed by atoms with van der Waals surface area (Å²) in [5.74, 6) is 0.325. The summed E-state index contributed by atoms with van der Waals surface area (Å²) in [4.78, 5) is 8.85. The lowest BCUT2D eigenvalue weighted by Crippen LogP contribution is -2.31. The predicted octanol–water partition coefficient (Wildman–Crippen LogP) is 5.86. The molecule has 5 aromatic rings. The lowest BCUT2D eigenvalue weighted by atomic mass is 10.0. The van der Waals surface area contributed by atoms with Crippen LogP contribution < -0.4 is 0 Å². The molecule has 6 nitrogen and oxygen atoms in total. The van der Waals surface area contributed by atoms with Gasteiger partial charge < -0.3 is 9.15 Å². The first-order valence-electron chi connectivity index (χ1n) is 11.0. The number of alkyl halides is 1. The number of hydrogen-bond acceptors (Lipinski definition) is 5. The Labute approximate surface area is 193 Å². The Kier molecular flexibility index (Phi) is 5.15. The number of rotatable bonds is 4. The fourth-order valence-electron chi connectivity index (χ4n) is 4.36. The fraction of sp³-hybridized carbons (Fsp3) is 0.192. The fourth-order valence-corrected chi connectivity index (χ4v) is 4.36. The summed E-state index contributed by atoms with van der Waals surface area (Å²) >= 11 is 0. The molecule has 2 aromatic carbocycles. The van der Waals surface area contributed by atoms with Crippen LogP contribution in [0.5, 0.6) is 0 Å². The first-order chi connectivity index (χ1) is 16.7. The van der Waals surface area contributed by atoms with Crippen LogP contribution in [0.2, 0.25) is 0 Å². The first-order valence-corrected chi connectivity index (χ1v) is 11.0. The molecule has 0 saturated carbocycles. The zero-order valence-electron chi connectivity index (χ0n) is 18.1. The second kappa shape index (κ2) is 8.46. The van der Waals surface area contributed by atoms with Gasteiger partial charge in [0.25, 0.3) is 0 Å². The van der Waals surface area contributed by atoms with Crippen LogP contribution in [0.25, 0.3) is 44.9 Å². The molecule has 3 aromatic heterocycles. The minimum atomic E-state index is -1.17.